The third-order valence-corrected chi connectivity index (χ3v) is 3.09. The zero-order chi connectivity index (χ0) is 17.5. The van der Waals surface area contributed by atoms with Gasteiger partial charge < -0.3 is 20.3 Å². The number of rotatable bonds is 5. The second kappa shape index (κ2) is 7.82. The van der Waals surface area contributed by atoms with Crippen LogP contribution in [0.15, 0.2) is 48.5 Å². The van der Waals surface area contributed by atoms with Crippen LogP contribution in [0.5, 0.6) is 11.5 Å². The Kier molecular flexibility index (Phi) is 5.57. The van der Waals surface area contributed by atoms with E-state index in [0.717, 1.165) is 11.6 Å². The second-order valence-corrected chi connectivity index (χ2v) is 5.10. The molecule has 2 aromatic carbocycles. The molecule has 0 radical (unpaired) electrons. The summed E-state index contributed by atoms with van der Waals surface area (Å²) in [5, 5.41) is 21.1. The van der Waals surface area contributed by atoms with Gasteiger partial charge in [-0.05, 0) is 42.8 Å². The van der Waals surface area contributed by atoms with Crippen molar-refractivity contribution in [2.24, 2.45) is 0 Å². The topological polar surface area (TPSA) is 95.9 Å². The number of nitrogens with one attached hydrogen (secondary N) is 1. The summed E-state index contributed by atoms with van der Waals surface area (Å²) in [4.78, 5) is 23.3. The lowest BCUT2D eigenvalue weighted by Crippen LogP contribution is -2.20. The quantitative estimate of drug-likeness (QED) is 0.446. The molecule has 6 heteroatoms. The van der Waals surface area contributed by atoms with E-state index in [1.54, 1.807) is 12.1 Å². The lowest BCUT2D eigenvalue weighted by Gasteiger charge is -2.05. The van der Waals surface area contributed by atoms with Crippen molar-refractivity contribution in [3.05, 3.63) is 59.7 Å². The average molecular weight is 327 g/mol. The van der Waals surface area contributed by atoms with Crippen LogP contribution in [-0.2, 0) is 14.3 Å². The predicted octanol–water partition coefficient (Wildman–Crippen LogP) is 2.60. The molecule has 0 aliphatic rings. The highest BCUT2D eigenvalue weighted by Gasteiger charge is 2.06. The highest BCUT2D eigenvalue weighted by atomic mass is 16.5. The lowest BCUT2D eigenvalue weighted by molar-refractivity contribution is -0.142. The molecule has 0 unspecified atom stereocenters. The zero-order valence-corrected chi connectivity index (χ0v) is 13.0. The van der Waals surface area contributed by atoms with E-state index in [1.165, 1.54) is 24.3 Å². The van der Waals surface area contributed by atoms with E-state index in [2.05, 4.69) is 5.32 Å². The molecule has 2 rings (SSSR count). The fourth-order valence-corrected chi connectivity index (χ4v) is 1.83. The van der Waals surface area contributed by atoms with Gasteiger partial charge in [0.25, 0.3) is 5.91 Å². The van der Waals surface area contributed by atoms with Gasteiger partial charge in [0.15, 0.2) is 18.1 Å². The minimum absolute atomic E-state index is 0.248. The van der Waals surface area contributed by atoms with E-state index >= 15 is 0 Å². The van der Waals surface area contributed by atoms with Gasteiger partial charge in [0.2, 0.25) is 0 Å². The first-order valence-corrected chi connectivity index (χ1v) is 7.17. The monoisotopic (exact) mass is 327 g/mol. The normalized spacial score (nSPS) is 10.5. The van der Waals surface area contributed by atoms with Gasteiger partial charge >= 0.3 is 5.97 Å². The number of aromatic hydroxyl groups is 2. The fourth-order valence-electron chi connectivity index (χ4n) is 1.83. The Balaban J connectivity index is 1.81. The summed E-state index contributed by atoms with van der Waals surface area (Å²) in [5.74, 6) is -1.67. The molecule has 124 valence electrons. The number of phenolic OH excluding ortho intramolecular Hbond substituents is 2. The summed E-state index contributed by atoms with van der Waals surface area (Å²) < 4.78 is 4.83. The van der Waals surface area contributed by atoms with Gasteiger partial charge in [-0.2, -0.15) is 0 Å². The summed E-state index contributed by atoms with van der Waals surface area (Å²) in [6.45, 7) is 1.53. The number of amides is 1. The van der Waals surface area contributed by atoms with Crippen LogP contribution >= 0.6 is 0 Å². The third kappa shape index (κ3) is 5.17. The van der Waals surface area contributed by atoms with Gasteiger partial charge in [-0.15, -0.1) is 0 Å². The number of anilines is 1. The van der Waals surface area contributed by atoms with Crippen LogP contribution in [0, 0.1) is 6.92 Å². The van der Waals surface area contributed by atoms with E-state index in [1.807, 2.05) is 19.1 Å². The van der Waals surface area contributed by atoms with E-state index in [-0.39, 0.29) is 11.5 Å². The molecule has 3 N–H and O–H groups in total. The van der Waals surface area contributed by atoms with E-state index in [4.69, 9.17) is 4.74 Å². The minimum atomic E-state index is -0.693. The maximum atomic E-state index is 11.7. The largest absolute Gasteiger partial charge is 0.504 e. The van der Waals surface area contributed by atoms with Crippen molar-refractivity contribution < 1.29 is 24.5 Å². The maximum Gasteiger partial charge on any atom is 0.331 e. The summed E-state index contributed by atoms with van der Waals surface area (Å²) in [7, 11) is 0. The van der Waals surface area contributed by atoms with Crippen molar-refractivity contribution in [1.29, 1.82) is 0 Å². The molecule has 0 atom stereocenters. The summed E-state index contributed by atoms with van der Waals surface area (Å²) in [5.41, 5.74) is 2.20. The number of carbonyl (C=O) groups is 2. The van der Waals surface area contributed by atoms with E-state index in [0.29, 0.717) is 11.3 Å². The molecule has 0 spiro atoms. The highest BCUT2D eigenvalue weighted by Crippen LogP contribution is 2.25. The fraction of sp³-hybridized carbons (Fsp3) is 0.111. The molecule has 0 saturated heterocycles. The Hall–Kier alpha value is -3.28. The Morgan fingerprint density at radius 2 is 1.79 bits per heavy atom. The third-order valence-electron chi connectivity index (χ3n) is 3.09. The van der Waals surface area contributed by atoms with E-state index < -0.39 is 18.5 Å². The van der Waals surface area contributed by atoms with Crippen LogP contribution in [0.3, 0.4) is 0 Å². The first-order chi connectivity index (χ1) is 11.4. The average Bonchev–Trinajstić information content (AvgIpc) is 2.56. The number of aryl methyl sites for hydroxylation is 1. The highest BCUT2D eigenvalue weighted by molar-refractivity contribution is 5.94. The maximum absolute atomic E-state index is 11.7. The summed E-state index contributed by atoms with van der Waals surface area (Å²) in [6, 6.07) is 11.3. The van der Waals surface area contributed by atoms with Crippen molar-refractivity contribution in [3.8, 4) is 11.5 Å². The SMILES string of the molecule is Cc1ccc(NC(=O)COC(=O)/C=C/c2ccc(O)c(O)c2)cc1. The standard InChI is InChI=1S/C18H17NO5/c1-12-2-6-14(7-3-12)19-17(22)11-24-18(23)9-5-13-4-8-15(20)16(21)10-13/h2-10,20-21H,11H2,1H3,(H,19,22)/b9-5+. The predicted molar refractivity (Wildman–Crippen MR) is 89.6 cm³/mol. The zero-order valence-electron chi connectivity index (χ0n) is 13.0. The Bertz CT molecular complexity index is 765. The molecule has 0 aliphatic carbocycles. The minimum Gasteiger partial charge on any atom is -0.504 e. The van der Waals surface area contributed by atoms with Crippen LogP contribution < -0.4 is 5.32 Å². The number of hydrogen-bond acceptors (Lipinski definition) is 5. The molecule has 0 bridgehead atoms. The Morgan fingerprint density at radius 3 is 2.46 bits per heavy atom. The molecule has 0 fully saturated rings. The number of ether oxygens (including phenoxy) is 1. The van der Waals surface area contributed by atoms with Crippen LogP contribution in [0.2, 0.25) is 0 Å². The molecule has 0 aliphatic heterocycles. The van der Waals surface area contributed by atoms with Gasteiger partial charge in [0, 0.05) is 11.8 Å². The molecule has 0 aromatic heterocycles. The molecular formula is C18H17NO5. The van der Waals surface area contributed by atoms with Crippen LogP contribution in [-0.4, -0.2) is 28.7 Å². The van der Waals surface area contributed by atoms with Crippen LogP contribution in [0.25, 0.3) is 6.08 Å². The van der Waals surface area contributed by atoms with Crippen LogP contribution in [0.4, 0.5) is 5.69 Å². The molecule has 6 nitrogen and oxygen atoms in total. The molecule has 0 heterocycles. The number of hydrogen-bond donors (Lipinski definition) is 3. The van der Waals surface area contributed by atoms with Gasteiger partial charge in [-0.1, -0.05) is 23.8 Å². The number of benzene rings is 2. The molecular weight excluding hydrogens is 310 g/mol. The van der Waals surface area contributed by atoms with Crippen molar-refractivity contribution >= 4 is 23.6 Å². The van der Waals surface area contributed by atoms with Crippen molar-refractivity contribution in [2.75, 3.05) is 11.9 Å². The Morgan fingerprint density at radius 1 is 1.08 bits per heavy atom. The smallest absolute Gasteiger partial charge is 0.331 e. The van der Waals surface area contributed by atoms with Crippen molar-refractivity contribution in [3.63, 3.8) is 0 Å². The summed E-state index contributed by atoms with van der Waals surface area (Å²) >= 11 is 0. The molecule has 24 heavy (non-hydrogen) atoms. The van der Waals surface area contributed by atoms with Gasteiger partial charge in [-0.25, -0.2) is 4.79 Å². The number of esters is 1. The van der Waals surface area contributed by atoms with E-state index in [9.17, 15) is 19.8 Å². The molecule has 0 saturated carbocycles. The molecule has 2 aromatic rings. The van der Waals surface area contributed by atoms with Gasteiger partial charge in [0.1, 0.15) is 0 Å². The first-order valence-electron chi connectivity index (χ1n) is 7.17. The lowest BCUT2D eigenvalue weighted by atomic mass is 10.2. The van der Waals surface area contributed by atoms with Crippen molar-refractivity contribution in [1.82, 2.24) is 0 Å². The number of phenols is 2. The Labute approximate surface area is 139 Å². The van der Waals surface area contributed by atoms with Gasteiger partial charge in [-0.3, -0.25) is 4.79 Å². The van der Waals surface area contributed by atoms with Crippen molar-refractivity contribution in [2.45, 2.75) is 6.92 Å². The van der Waals surface area contributed by atoms with Gasteiger partial charge in [0.05, 0.1) is 0 Å². The number of carbonyl (C=O) groups excluding carboxylic acids is 2. The molecule has 1 amide bonds. The van der Waals surface area contributed by atoms with Crippen LogP contribution in [0.1, 0.15) is 11.1 Å². The second-order valence-electron chi connectivity index (χ2n) is 5.10. The first kappa shape index (κ1) is 17.1. The summed E-state index contributed by atoms with van der Waals surface area (Å²) in [6.07, 6.45) is 2.53.